The Kier molecular flexibility index (Phi) is 50.3. The normalized spacial score (nSPS) is 19.8. The number of carbonyl (C=O) groups is 1. The van der Waals surface area contributed by atoms with Crippen LogP contribution in [0, 0.1) is 0 Å². The summed E-state index contributed by atoms with van der Waals surface area (Å²) in [5, 5.41) is 76.3. The van der Waals surface area contributed by atoms with Crippen molar-refractivity contribution < 1.29 is 50.0 Å². The Labute approximate surface area is 455 Å². The number of carbonyl (C=O) groups excluding carboxylic acids is 1. The molecule has 9 atom stereocenters. The molecule has 11 nitrogen and oxygen atoms in total. The van der Waals surface area contributed by atoms with E-state index in [4.69, 9.17) is 9.47 Å². The van der Waals surface area contributed by atoms with Crippen molar-refractivity contribution in [1.82, 2.24) is 5.32 Å². The summed E-state index contributed by atoms with van der Waals surface area (Å²) in [6.07, 6.45) is 51.4. The molecule has 1 aliphatic heterocycles. The first-order valence-corrected chi connectivity index (χ1v) is 32.1. The minimum Gasteiger partial charge on any atom is -0.394 e. The van der Waals surface area contributed by atoms with Crippen LogP contribution in [-0.4, -0.2) is 110 Å². The SMILES string of the molecule is CCCCCCCCCCCCCCCCCCCCCC/C=C/CCCC(O)C(O)C(COC1OC(CO)C(O)C(O)C1O)NC(=O)C(O)CCCCCCCCCCCCCCCCCCCCCCCC. The molecule has 0 saturated carbocycles. The lowest BCUT2D eigenvalue weighted by Gasteiger charge is -2.40. The van der Waals surface area contributed by atoms with Gasteiger partial charge in [-0.15, -0.1) is 0 Å². The number of amides is 1. The van der Waals surface area contributed by atoms with Crippen molar-refractivity contribution >= 4 is 5.91 Å². The highest BCUT2D eigenvalue weighted by molar-refractivity contribution is 5.80. The van der Waals surface area contributed by atoms with E-state index in [9.17, 15) is 40.5 Å². The number of aliphatic hydroxyl groups is 7. The predicted octanol–water partition coefficient (Wildman–Crippen LogP) is 14.3. The summed E-state index contributed by atoms with van der Waals surface area (Å²) in [5.74, 6) is -0.699. The summed E-state index contributed by atoms with van der Waals surface area (Å²) in [7, 11) is 0. The monoisotopic (exact) mass is 1050 g/mol. The third-order valence-electron chi connectivity index (χ3n) is 15.8. The zero-order chi connectivity index (χ0) is 54.0. The van der Waals surface area contributed by atoms with E-state index in [2.05, 4.69) is 31.3 Å². The van der Waals surface area contributed by atoms with E-state index >= 15 is 0 Å². The van der Waals surface area contributed by atoms with Crippen LogP contribution in [0.3, 0.4) is 0 Å². The van der Waals surface area contributed by atoms with Crippen molar-refractivity contribution in [3.63, 3.8) is 0 Å². The molecule has 0 spiro atoms. The maximum absolute atomic E-state index is 13.2. The Morgan fingerprint density at radius 3 is 1.16 bits per heavy atom. The zero-order valence-corrected chi connectivity index (χ0v) is 48.4. The molecule has 9 unspecified atom stereocenters. The van der Waals surface area contributed by atoms with E-state index in [1.165, 1.54) is 238 Å². The van der Waals surface area contributed by atoms with Gasteiger partial charge in [-0.2, -0.15) is 0 Å². The van der Waals surface area contributed by atoms with Gasteiger partial charge in [0.1, 0.15) is 36.6 Å². The van der Waals surface area contributed by atoms with Crippen molar-refractivity contribution in [1.29, 1.82) is 0 Å². The van der Waals surface area contributed by atoms with Crippen molar-refractivity contribution in [2.75, 3.05) is 13.2 Å². The Morgan fingerprint density at radius 1 is 0.459 bits per heavy atom. The summed E-state index contributed by atoms with van der Waals surface area (Å²) in [6.45, 7) is 3.50. The summed E-state index contributed by atoms with van der Waals surface area (Å²) in [5.41, 5.74) is 0. The van der Waals surface area contributed by atoms with Gasteiger partial charge in [0.2, 0.25) is 5.91 Å². The van der Waals surface area contributed by atoms with Crippen LogP contribution in [0.4, 0.5) is 0 Å². The van der Waals surface area contributed by atoms with Crippen molar-refractivity contribution in [2.24, 2.45) is 0 Å². The molecule has 0 aromatic heterocycles. The predicted molar refractivity (Wildman–Crippen MR) is 307 cm³/mol. The molecule has 0 radical (unpaired) electrons. The molecule has 0 aromatic carbocycles. The molecule has 1 rings (SSSR count). The van der Waals surface area contributed by atoms with Gasteiger partial charge in [-0.25, -0.2) is 0 Å². The highest BCUT2D eigenvalue weighted by Gasteiger charge is 2.44. The summed E-state index contributed by atoms with van der Waals surface area (Å²) < 4.78 is 11.2. The minimum absolute atomic E-state index is 0.260. The van der Waals surface area contributed by atoms with Crippen molar-refractivity contribution in [3.05, 3.63) is 12.2 Å². The van der Waals surface area contributed by atoms with Crippen LogP contribution >= 0.6 is 0 Å². The summed E-state index contributed by atoms with van der Waals surface area (Å²) >= 11 is 0. The molecule has 11 heteroatoms. The number of hydrogen-bond acceptors (Lipinski definition) is 10. The first-order chi connectivity index (χ1) is 36.2. The van der Waals surface area contributed by atoms with Gasteiger partial charge in [0.05, 0.1) is 25.4 Å². The number of ether oxygens (including phenoxy) is 2. The van der Waals surface area contributed by atoms with Gasteiger partial charge in [-0.3, -0.25) is 4.79 Å². The lowest BCUT2D eigenvalue weighted by molar-refractivity contribution is -0.303. The number of hydrogen-bond donors (Lipinski definition) is 8. The molecule has 74 heavy (non-hydrogen) atoms. The first-order valence-electron chi connectivity index (χ1n) is 32.1. The van der Waals surface area contributed by atoms with Gasteiger partial charge >= 0.3 is 0 Å². The maximum Gasteiger partial charge on any atom is 0.249 e. The van der Waals surface area contributed by atoms with Gasteiger partial charge in [0.25, 0.3) is 0 Å². The number of unbranched alkanes of at least 4 members (excludes halogenated alkanes) is 42. The van der Waals surface area contributed by atoms with Crippen molar-refractivity contribution in [2.45, 2.75) is 371 Å². The smallest absolute Gasteiger partial charge is 0.249 e. The van der Waals surface area contributed by atoms with Crippen LogP contribution in [-0.2, 0) is 14.3 Å². The molecule has 440 valence electrons. The van der Waals surface area contributed by atoms with E-state index in [0.29, 0.717) is 12.8 Å². The molecule has 1 heterocycles. The third kappa shape index (κ3) is 40.1. The van der Waals surface area contributed by atoms with E-state index in [1.54, 1.807) is 0 Å². The zero-order valence-electron chi connectivity index (χ0n) is 48.4. The highest BCUT2D eigenvalue weighted by atomic mass is 16.7. The Balaban J connectivity index is 2.27. The molecular formula is C63H123NO10. The van der Waals surface area contributed by atoms with E-state index in [1.807, 2.05) is 0 Å². The Morgan fingerprint density at radius 2 is 0.797 bits per heavy atom. The number of aliphatic hydroxyl groups excluding tert-OH is 7. The van der Waals surface area contributed by atoms with Crippen LogP contribution < -0.4 is 5.32 Å². The fourth-order valence-corrected chi connectivity index (χ4v) is 10.6. The third-order valence-corrected chi connectivity index (χ3v) is 15.8. The average molecular weight is 1050 g/mol. The van der Waals surface area contributed by atoms with Crippen LogP contribution in [0.25, 0.3) is 0 Å². The lowest BCUT2D eigenvalue weighted by atomic mass is 9.98. The molecule has 8 N–H and O–H groups in total. The lowest BCUT2D eigenvalue weighted by Crippen LogP contribution is -2.60. The van der Waals surface area contributed by atoms with Crippen LogP contribution in [0.5, 0.6) is 0 Å². The van der Waals surface area contributed by atoms with Gasteiger partial charge < -0.3 is 50.5 Å². The molecular weight excluding hydrogens is 931 g/mol. The average Bonchev–Trinajstić information content (AvgIpc) is 3.40. The topological polar surface area (TPSA) is 189 Å². The van der Waals surface area contributed by atoms with Gasteiger partial charge in [0.15, 0.2) is 6.29 Å². The van der Waals surface area contributed by atoms with Gasteiger partial charge in [-0.05, 0) is 38.5 Å². The molecule has 1 saturated heterocycles. The Hall–Kier alpha value is -1.15. The van der Waals surface area contributed by atoms with Crippen LogP contribution in [0.15, 0.2) is 12.2 Å². The van der Waals surface area contributed by atoms with Gasteiger partial charge in [-0.1, -0.05) is 289 Å². The van der Waals surface area contributed by atoms with Gasteiger partial charge in [0, 0.05) is 0 Å². The molecule has 1 aliphatic rings. The van der Waals surface area contributed by atoms with E-state index in [0.717, 1.165) is 38.5 Å². The number of rotatable bonds is 56. The fraction of sp³-hybridized carbons (Fsp3) is 0.952. The van der Waals surface area contributed by atoms with E-state index in [-0.39, 0.29) is 12.8 Å². The van der Waals surface area contributed by atoms with Crippen molar-refractivity contribution in [3.8, 4) is 0 Å². The first kappa shape index (κ1) is 70.9. The van der Waals surface area contributed by atoms with Crippen LogP contribution in [0.1, 0.15) is 316 Å². The molecule has 0 bridgehead atoms. The van der Waals surface area contributed by atoms with Crippen LogP contribution in [0.2, 0.25) is 0 Å². The fourth-order valence-electron chi connectivity index (χ4n) is 10.6. The number of allylic oxidation sites excluding steroid dienone is 2. The second kappa shape index (κ2) is 52.5. The molecule has 0 aliphatic carbocycles. The maximum atomic E-state index is 13.2. The minimum atomic E-state index is -1.67. The number of nitrogens with one attached hydrogen (secondary N) is 1. The largest absolute Gasteiger partial charge is 0.394 e. The standard InChI is InChI=1S/C63H123NO10/c1-3-5-7-9-11-13-15-17-19-21-23-25-27-28-29-31-32-34-36-38-40-42-44-46-48-50-55(66)58(68)54(53-73-63-61(71)60(70)59(69)57(52-65)74-63)64-62(72)56(67)51-49-47-45-43-41-39-37-35-33-30-26-24-22-20-18-16-14-12-10-8-6-4-2/h42,44,54-61,63,65-71H,3-41,43,45-53H2,1-2H3,(H,64,72)/b44-42+. The Bertz CT molecular complexity index is 1210. The molecule has 1 amide bonds. The second-order valence-electron chi connectivity index (χ2n) is 22.8. The molecule has 0 aromatic rings. The summed E-state index contributed by atoms with van der Waals surface area (Å²) in [6, 6.07) is -1.18. The quantitative estimate of drug-likeness (QED) is 0.0215. The summed E-state index contributed by atoms with van der Waals surface area (Å²) in [4.78, 5) is 13.2. The second-order valence-corrected chi connectivity index (χ2v) is 22.8. The highest BCUT2D eigenvalue weighted by Crippen LogP contribution is 2.24. The van der Waals surface area contributed by atoms with E-state index < -0.39 is 74.2 Å². The molecule has 1 fully saturated rings.